The van der Waals surface area contributed by atoms with Gasteiger partial charge in [0.25, 0.3) is 5.91 Å². The summed E-state index contributed by atoms with van der Waals surface area (Å²) in [6.07, 6.45) is 1.38. The predicted molar refractivity (Wildman–Crippen MR) is 84.1 cm³/mol. The average Bonchev–Trinajstić information content (AvgIpc) is 2.39. The Morgan fingerprint density at radius 2 is 1.90 bits per heavy atom. The number of rotatable bonds is 7. The van der Waals surface area contributed by atoms with E-state index in [0.29, 0.717) is 35.0 Å². The van der Waals surface area contributed by atoms with Gasteiger partial charge in [-0.15, -0.1) is 0 Å². The van der Waals surface area contributed by atoms with Gasteiger partial charge >= 0.3 is 5.97 Å². The van der Waals surface area contributed by atoms with Crippen molar-refractivity contribution in [3.63, 3.8) is 0 Å². The first-order chi connectivity index (χ1) is 9.71. The standard InChI is InChI=1S/C15H19Cl2NO3/c1-15(2,6-5-13(19)20)7-8-18-14(21)11-9-10(16)3-4-12(11)17/h3-4,9H,5-8H2,1-2H3,(H,18,21)(H,19,20). The molecule has 2 N–H and O–H groups in total. The fourth-order valence-electron chi connectivity index (χ4n) is 1.85. The number of hydrogen-bond acceptors (Lipinski definition) is 2. The molecular formula is C15H19Cl2NO3. The molecule has 1 aromatic rings. The van der Waals surface area contributed by atoms with Gasteiger partial charge in [-0.3, -0.25) is 9.59 Å². The molecular weight excluding hydrogens is 313 g/mol. The third-order valence-corrected chi connectivity index (χ3v) is 3.84. The number of aliphatic carboxylic acids is 1. The molecule has 1 amide bonds. The van der Waals surface area contributed by atoms with Crippen molar-refractivity contribution < 1.29 is 14.7 Å². The minimum absolute atomic E-state index is 0.126. The largest absolute Gasteiger partial charge is 0.481 e. The van der Waals surface area contributed by atoms with Crippen LogP contribution in [-0.2, 0) is 4.79 Å². The Kier molecular flexibility index (Phi) is 6.49. The summed E-state index contributed by atoms with van der Waals surface area (Å²) in [5.41, 5.74) is 0.191. The highest BCUT2D eigenvalue weighted by atomic mass is 35.5. The van der Waals surface area contributed by atoms with Gasteiger partial charge in [0.15, 0.2) is 0 Å². The zero-order chi connectivity index (χ0) is 16.0. The maximum atomic E-state index is 12.0. The number of nitrogens with one attached hydrogen (secondary N) is 1. The van der Waals surface area contributed by atoms with Crippen LogP contribution >= 0.6 is 23.2 Å². The molecule has 6 heteroatoms. The minimum atomic E-state index is -0.808. The third-order valence-electron chi connectivity index (χ3n) is 3.28. The zero-order valence-electron chi connectivity index (χ0n) is 12.1. The predicted octanol–water partition coefficient (Wildman–Crippen LogP) is 4.00. The van der Waals surface area contributed by atoms with E-state index in [1.54, 1.807) is 12.1 Å². The van der Waals surface area contributed by atoms with Crippen LogP contribution < -0.4 is 5.32 Å². The Labute approximate surface area is 134 Å². The van der Waals surface area contributed by atoms with E-state index in [1.165, 1.54) is 6.07 Å². The minimum Gasteiger partial charge on any atom is -0.481 e. The van der Waals surface area contributed by atoms with Gasteiger partial charge in [-0.05, 0) is 36.5 Å². The number of halogens is 2. The number of carboxylic acids is 1. The van der Waals surface area contributed by atoms with Gasteiger partial charge in [0.1, 0.15) is 0 Å². The van der Waals surface area contributed by atoms with Crippen LogP contribution in [0.2, 0.25) is 10.0 Å². The van der Waals surface area contributed by atoms with Crippen LogP contribution in [0.5, 0.6) is 0 Å². The van der Waals surface area contributed by atoms with Crippen LogP contribution in [-0.4, -0.2) is 23.5 Å². The zero-order valence-corrected chi connectivity index (χ0v) is 13.6. The van der Waals surface area contributed by atoms with E-state index in [4.69, 9.17) is 28.3 Å². The third kappa shape index (κ3) is 6.36. The summed E-state index contributed by atoms with van der Waals surface area (Å²) in [5, 5.41) is 12.3. The Morgan fingerprint density at radius 3 is 2.52 bits per heavy atom. The lowest BCUT2D eigenvalue weighted by atomic mass is 9.84. The number of carboxylic acid groups (broad SMARTS) is 1. The molecule has 0 spiro atoms. The number of benzene rings is 1. The van der Waals surface area contributed by atoms with E-state index in [-0.39, 0.29) is 17.7 Å². The van der Waals surface area contributed by atoms with Crippen molar-refractivity contribution in [3.05, 3.63) is 33.8 Å². The van der Waals surface area contributed by atoms with Crippen LogP contribution in [0.4, 0.5) is 0 Å². The molecule has 0 radical (unpaired) electrons. The summed E-state index contributed by atoms with van der Waals surface area (Å²) in [6.45, 7) is 4.41. The van der Waals surface area contributed by atoms with Gasteiger partial charge in [-0.2, -0.15) is 0 Å². The van der Waals surface area contributed by atoms with Gasteiger partial charge in [0.05, 0.1) is 10.6 Å². The first-order valence-corrected chi connectivity index (χ1v) is 7.42. The van der Waals surface area contributed by atoms with Crippen LogP contribution in [0.3, 0.4) is 0 Å². The van der Waals surface area contributed by atoms with E-state index in [9.17, 15) is 9.59 Å². The highest BCUT2D eigenvalue weighted by molar-refractivity contribution is 6.35. The second-order valence-corrected chi connectivity index (χ2v) is 6.53. The molecule has 21 heavy (non-hydrogen) atoms. The van der Waals surface area contributed by atoms with E-state index in [1.807, 2.05) is 13.8 Å². The summed E-state index contributed by atoms with van der Waals surface area (Å²) in [5.74, 6) is -1.09. The summed E-state index contributed by atoms with van der Waals surface area (Å²) >= 11 is 11.8. The highest BCUT2D eigenvalue weighted by Crippen LogP contribution is 2.26. The monoisotopic (exact) mass is 331 g/mol. The topological polar surface area (TPSA) is 66.4 Å². The fourth-order valence-corrected chi connectivity index (χ4v) is 2.23. The Balaban J connectivity index is 2.50. The van der Waals surface area contributed by atoms with Crippen LogP contribution in [0.25, 0.3) is 0 Å². The van der Waals surface area contributed by atoms with Gasteiger partial charge in [0.2, 0.25) is 0 Å². The molecule has 1 aromatic carbocycles. The molecule has 0 aliphatic rings. The van der Waals surface area contributed by atoms with Crippen LogP contribution in [0.15, 0.2) is 18.2 Å². The molecule has 0 aliphatic heterocycles. The molecule has 0 saturated carbocycles. The molecule has 1 rings (SSSR count). The van der Waals surface area contributed by atoms with Crippen molar-refractivity contribution in [2.24, 2.45) is 5.41 Å². The van der Waals surface area contributed by atoms with Gasteiger partial charge in [-0.1, -0.05) is 37.0 Å². The summed E-state index contributed by atoms with van der Waals surface area (Å²) < 4.78 is 0. The van der Waals surface area contributed by atoms with Gasteiger partial charge in [0, 0.05) is 18.0 Å². The van der Waals surface area contributed by atoms with E-state index in [2.05, 4.69) is 5.32 Å². The normalized spacial score (nSPS) is 11.2. The Morgan fingerprint density at radius 1 is 1.24 bits per heavy atom. The average molecular weight is 332 g/mol. The summed E-state index contributed by atoms with van der Waals surface area (Å²) in [4.78, 5) is 22.6. The second kappa shape index (κ2) is 7.66. The van der Waals surface area contributed by atoms with Crippen molar-refractivity contribution >= 4 is 35.1 Å². The lowest BCUT2D eigenvalue weighted by Crippen LogP contribution is -2.28. The highest BCUT2D eigenvalue weighted by Gasteiger charge is 2.19. The van der Waals surface area contributed by atoms with Crippen molar-refractivity contribution in [3.8, 4) is 0 Å². The van der Waals surface area contributed by atoms with Crippen molar-refractivity contribution in [2.75, 3.05) is 6.54 Å². The van der Waals surface area contributed by atoms with E-state index in [0.717, 1.165) is 0 Å². The molecule has 0 unspecified atom stereocenters. The molecule has 0 aliphatic carbocycles. The van der Waals surface area contributed by atoms with E-state index < -0.39 is 5.97 Å². The molecule has 116 valence electrons. The van der Waals surface area contributed by atoms with Crippen molar-refractivity contribution in [1.82, 2.24) is 5.32 Å². The van der Waals surface area contributed by atoms with Crippen molar-refractivity contribution in [2.45, 2.75) is 33.1 Å². The summed E-state index contributed by atoms with van der Waals surface area (Å²) in [7, 11) is 0. The summed E-state index contributed by atoms with van der Waals surface area (Å²) in [6, 6.07) is 4.72. The lowest BCUT2D eigenvalue weighted by Gasteiger charge is -2.23. The molecule has 0 atom stereocenters. The first kappa shape index (κ1) is 17.8. The smallest absolute Gasteiger partial charge is 0.303 e. The molecule has 4 nitrogen and oxygen atoms in total. The van der Waals surface area contributed by atoms with Gasteiger partial charge in [-0.25, -0.2) is 0 Å². The number of amides is 1. The van der Waals surface area contributed by atoms with Gasteiger partial charge < -0.3 is 10.4 Å². The maximum Gasteiger partial charge on any atom is 0.303 e. The lowest BCUT2D eigenvalue weighted by molar-refractivity contribution is -0.137. The van der Waals surface area contributed by atoms with E-state index >= 15 is 0 Å². The molecule has 0 saturated heterocycles. The fraction of sp³-hybridized carbons (Fsp3) is 0.467. The molecule has 0 fully saturated rings. The SMILES string of the molecule is CC(C)(CCNC(=O)c1cc(Cl)ccc1Cl)CCC(=O)O. The Hall–Kier alpha value is -1.26. The number of carbonyl (C=O) groups excluding carboxylic acids is 1. The van der Waals surface area contributed by atoms with Crippen LogP contribution in [0.1, 0.15) is 43.5 Å². The van der Waals surface area contributed by atoms with Crippen molar-refractivity contribution in [1.29, 1.82) is 0 Å². The molecule has 0 heterocycles. The van der Waals surface area contributed by atoms with Crippen LogP contribution in [0, 0.1) is 5.41 Å². The molecule has 0 aromatic heterocycles. The first-order valence-electron chi connectivity index (χ1n) is 6.66. The number of carbonyl (C=O) groups is 2. The Bertz CT molecular complexity index is 530. The quantitative estimate of drug-likeness (QED) is 0.793. The number of hydrogen-bond donors (Lipinski definition) is 2. The second-order valence-electron chi connectivity index (χ2n) is 5.69. The maximum absolute atomic E-state index is 12.0. The molecule has 0 bridgehead atoms.